The second kappa shape index (κ2) is 3.51. The molecule has 0 saturated carbocycles. The van der Waals surface area contributed by atoms with Gasteiger partial charge in [-0.05, 0) is 35.1 Å². The molecule has 0 aliphatic rings. The lowest BCUT2D eigenvalue weighted by Gasteiger charge is -2.04. The van der Waals surface area contributed by atoms with Crippen molar-refractivity contribution < 1.29 is 8.78 Å². The van der Waals surface area contributed by atoms with Crippen LogP contribution in [0.15, 0.2) is 11.0 Å². The molecule has 12 heavy (non-hydrogen) atoms. The minimum Gasteiger partial charge on any atom is -0.328 e. The molecule has 0 saturated heterocycles. The van der Waals surface area contributed by atoms with Gasteiger partial charge in [0.1, 0.15) is 0 Å². The van der Waals surface area contributed by atoms with Gasteiger partial charge in [0, 0.05) is 11.8 Å². The van der Waals surface area contributed by atoms with E-state index < -0.39 is 6.43 Å². The highest BCUT2D eigenvalue weighted by Crippen LogP contribution is 2.22. The summed E-state index contributed by atoms with van der Waals surface area (Å²) >= 11 is 1.75. The number of hydrogen-bond acceptors (Lipinski definition) is 1. The van der Waals surface area contributed by atoms with Crippen LogP contribution in [0.2, 0.25) is 0 Å². The van der Waals surface area contributed by atoms with Crippen LogP contribution in [0, 0.1) is 10.5 Å². The summed E-state index contributed by atoms with van der Waals surface area (Å²) in [7, 11) is 0. The van der Waals surface area contributed by atoms with Crippen LogP contribution in [-0.2, 0) is 0 Å². The Morgan fingerprint density at radius 2 is 2.17 bits per heavy atom. The van der Waals surface area contributed by atoms with E-state index in [1.165, 1.54) is 6.92 Å². The number of aromatic nitrogens is 1. The smallest absolute Gasteiger partial charge is 0.265 e. The molecule has 5 heteroatoms. The summed E-state index contributed by atoms with van der Waals surface area (Å²) in [6.07, 6.45) is -1.47. The van der Waals surface area contributed by atoms with Gasteiger partial charge in [0.15, 0.2) is 0 Å². The lowest BCUT2D eigenvalue weighted by atomic mass is 10.2. The van der Waals surface area contributed by atoms with E-state index in [1.807, 2.05) is 0 Å². The fraction of sp³-hybridized carbons (Fsp3) is 0.286. The van der Waals surface area contributed by atoms with Crippen molar-refractivity contribution in [3.63, 3.8) is 0 Å². The van der Waals surface area contributed by atoms with Crippen LogP contribution in [0.4, 0.5) is 8.78 Å². The Balaban J connectivity index is 3.36. The number of H-pyrrole nitrogens is 1. The first-order valence-electron chi connectivity index (χ1n) is 3.20. The average Bonchev–Trinajstić information content (AvgIpc) is 2.00. The molecule has 0 radical (unpaired) electrons. The van der Waals surface area contributed by atoms with Gasteiger partial charge < -0.3 is 4.98 Å². The van der Waals surface area contributed by atoms with Gasteiger partial charge in [-0.25, -0.2) is 8.78 Å². The van der Waals surface area contributed by atoms with Crippen LogP contribution in [0.1, 0.15) is 17.6 Å². The van der Waals surface area contributed by atoms with E-state index in [9.17, 15) is 13.6 Å². The Bertz CT molecular complexity index is 348. The predicted octanol–water partition coefficient (Wildman–Crippen LogP) is 2.23. The number of pyridine rings is 1. The maximum Gasteiger partial charge on any atom is 0.265 e. The molecule has 0 aliphatic heterocycles. The van der Waals surface area contributed by atoms with Crippen molar-refractivity contribution in [2.24, 2.45) is 0 Å². The number of aromatic amines is 1. The molecular weight excluding hydrogens is 279 g/mol. The van der Waals surface area contributed by atoms with Crippen LogP contribution in [0.25, 0.3) is 0 Å². The number of hydrogen-bond donors (Lipinski definition) is 1. The van der Waals surface area contributed by atoms with E-state index in [-0.39, 0.29) is 11.1 Å². The predicted molar refractivity (Wildman–Crippen MR) is 49.5 cm³/mol. The quantitative estimate of drug-likeness (QED) is 0.788. The zero-order valence-corrected chi connectivity index (χ0v) is 8.35. The monoisotopic (exact) mass is 285 g/mol. The molecule has 0 atom stereocenters. The highest BCUT2D eigenvalue weighted by molar-refractivity contribution is 14.1. The summed E-state index contributed by atoms with van der Waals surface area (Å²) in [6.45, 7) is 1.51. The van der Waals surface area contributed by atoms with Gasteiger partial charge in [-0.3, -0.25) is 4.79 Å². The standard InChI is InChI=1S/C7H6F2INO/c1-3-4(6(8)9)2-11-7(12)5(3)10/h2,6H,1H3,(H,11,12). The normalized spacial score (nSPS) is 10.8. The lowest BCUT2D eigenvalue weighted by molar-refractivity contribution is 0.150. The van der Waals surface area contributed by atoms with Crippen molar-refractivity contribution in [3.05, 3.63) is 31.2 Å². The molecule has 0 fully saturated rings. The summed E-state index contributed by atoms with van der Waals surface area (Å²) in [5.41, 5.74) is -0.0779. The van der Waals surface area contributed by atoms with Crippen molar-refractivity contribution in [1.29, 1.82) is 0 Å². The molecule has 0 spiro atoms. The number of alkyl halides is 2. The van der Waals surface area contributed by atoms with E-state index in [0.717, 1.165) is 6.20 Å². The first-order valence-corrected chi connectivity index (χ1v) is 4.27. The molecule has 0 amide bonds. The second-order valence-electron chi connectivity index (χ2n) is 2.31. The van der Waals surface area contributed by atoms with Crippen LogP contribution in [-0.4, -0.2) is 4.98 Å². The molecule has 66 valence electrons. The Morgan fingerprint density at radius 1 is 1.58 bits per heavy atom. The van der Waals surface area contributed by atoms with Gasteiger partial charge in [-0.1, -0.05) is 0 Å². The fourth-order valence-electron chi connectivity index (χ4n) is 0.839. The molecule has 1 rings (SSSR count). The van der Waals surface area contributed by atoms with E-state index in [4.69, 9.17) is 0 Å². The maximum absolute atomic E-state index is 12.2. The fourth-order valence-corrected chi connectivity index (χ4v) is 1.31. The molecule has 1 aromatic rings. The van der Waals surface area contributed by atoms with Gasteiger partial charge >= 0.3 is 0 Å². The SMILES string of the molecule is Cc1c(C(F)F)c[nH]c(=O)c1I. The molecular formula is C7H6F2INO. The van der Waals surface area contributed by atoms with Crippen molar-refractivity contribution in [1.82, 2.24) is 4.98 Å². The molecule has 0 unspecified atom stereocenters. The topological polar surface area (TPSA) is 32.9 Å². The summed E-state index contributed by atoms with van der Waals surface area (Å²) in [5, 5.41) is 0. The van der Waals surface area contributed by atoms with E-state index in [2.05, 4.69) is 4.98 Å². The molecule has 0 aliphatic carbocycles. The molecule has 1 aromatic heterocycles. The zero-order chi connectivity index (χ0) is 9.30. The first kappa shape index (κ1) is 9.63. The minimum atomic E-state index is -2.53. The third-order valence-electron chi connectivity index (χ3n) is 1.56. The lowest BCUT2D eigenvalue weighted by Crippen LogP contribution is -2.12. The summed E-state index contributed by atoms with van der Waals surface area (Å²) in [6, 6.07) is 0. The third kappa shape index (κ3) is 1.65. The molecule has 2 nitrogen and oxygen atoms in total. The van der Waals surface area contributed by atoms with Crippen LogP contribution in [0.3, 0.4) is 0 Å². The van der Waals surface area contributed by atoms with E-state index >= 15 is 0 Å². The average molecular weight is 285 g/mol. The molecule has 1 N–H and O–H groups in total. The highest BCUT2D eigenvalue weighted by Gasteiger charge is 2.13. The summed E-state index contributed by atoms with van der Waals surface area (Å²) in [4.78, 5) is 13.2. The molecule has 1 heterocycles. The van der Waals surface area contributed by atoms with Gasteiger partial charge in [0.25, 0.3) is 12.0 Å². The zero-order valence-electron chi connectivity index (χ0n) is 6.20. The second-order valence-corrected chi connectivity index (χ2v) is 3.39. The number of rotatable bonds is 1. The summed E-state index contributed by atoms with van der Waals surface area (Å²) in [5.74, 6) is 0. The molecule has 0 aromatic carbocycles. The Labute approximate surface area is 81.1 Å². The van der Waals surface area contributed by atoms with Gasteiger partial charge in [0.2, 0.25) is 0 Å². The Kier molecular flexibility index (Phi) is 2.81. The van der Waals surface area contributed by atoms with Crippen molar-refractivity contribution >= 4 is 22.6 Å². The first-order chi connectivity index (χ1) is 5.54. The largest absolute Gasteiger partial charge is 0.328 e. The van der Waals surface area contributed by atoms with Crippen LogP contribution < -0.4 is 5.56 Å². The van der Waals surface area contributed by atoms with E-state index in [1.54, 1.807) is 22.6 Å². The number of nitrogens with one attached hydrogen (secondary N) is 1. The Morgan fingerprint density at radius 3 is 2.67 bits per heavy atom. The van der Waals surface area contributed by atoms with E-state index in [0.29, 0.717) is 9.13 Å². The third-order valence-corrected chi connectivity index (χ3v) is 2.85. The van der Waals surface area contributed by atoms with Crippen molar-refractivity contribution in [2.45, 2.75) is 13.3 Å². The van der Waals surface area contributed by atoms with Crippen molar-refractivity contribution in [3.8, 4) is 0 Å². The van der Waals surface area contributed by atoms with Gasteiger partial charge in [-0.15, -0.1) is 0 Å². The van der Waals surface area contributed by atoms with Crippen LogP contribution >= 0.6 is 22.6 Å². The van der Waals surface area contributed by atoms with Crippen LogP contribution in [0.5, 0.6) is 0 Å². The number of halogens is 3. The summed E-state index contributed by atoms with van der Waals surface area (Å²) < 4.78 is 24.8. The van der Waals surface area contributed by atoms with Gasteiger partial charge in [0.05, 0.1) is 3.57 Å². The molecule has 0 bridgehead atoms. The van der Waals surface area contributed by atoms with Crippen molar-refractivity contribution in [2.75, 3.05) is 0 Å². The Hall–Kier alpha value is -0.460. The highest BCUT2D eigenvalue weighted by atomic mass is 127. The maximum atomic E-state index is 12.2. The minimum absolute atomic E-state index is 0.112. The van der Waals surface area contributed by atoms with Gasteiger partial charge in [-0.2, -0.15) is 0 Å².